The quantitative estimate of drug-likeness (QED) is 0.656. The maximum atomic E-state index is 4.66. The number of amidine groups is 1. The number of hydrogen-bond acceptors (Lipinski definition) is 3. The van der Waals surface area contributed by atoms with Gasteiger partial charge in [-0.3, -0.25) is 9.30 Å². The van der Waals surface area contributed by atoms with Crippen molar-refractivity contribution in [2.45, 2.75) is 11.3 Å². The molecule has 2 nitrogen and oxygen atoms in total. The minimum absolute atomic E-state index is 0.971. The third kappa shape index (κ3) is 1.32. The van der Waals surface area contributed by atoms with Crippen molar-refractivity contribution in [1.29, 1.82) is 0 Å². The normalized spacial score (nSPS) is 17.9. The molecule has 17 heavy (non-hydrogen) atoms. The van der Waals surface area contributed by atoms with Crippen molar-refractivity contribution in [3.05, 3.63) is 42.0 Å². The van der Waals surface area contributed by atoms with E-state index in [2.05, 4.69) is 45.7 Å². The Kier molecular flexibility index (Phi) is 1.97. The van der Waals surface area contributed by atoms with E-state index in [4.69, 9.17) is 0 Å². The van der Waals surface area contributed by atoms with E-state index in [9.17, 15) is 0 Å². The largest absolute Gasteiger partial charge is 0.296 e. The van der Waals surface area contributed by atoms with Gasteiger partial charge in [0, 0.05) is 23.5 Å². The first-order chi connectivity index (χ1) is 8.43. The van der Waals surface area contributed by atoms with Crippen LogP contribution in [0.5, 0.6) is 0 Å². The van der Waals surface area contributed by atoms with Crippen LogP contribution < -0.4 is 0 Å². The molecule has 0 amide bonds. The Bertz CT molecular complexity index is 633. The zero-order chi connectivity index (χ0) is 11.2. The molecule has 0 saturated heterocycles. The van der Waals surface area contributed by atoms with Gasteiger partial charge in [0.1, 0.15) is 5.84 Å². The molecule has 0 unspecified atom stereocenters. The van der Waals surface area contributed by atoms with E-state index in [1.54, 1.807) is 0 Å². The molecule has 0 fully saturated rings. The summed E-state index contributed by atoms with van der Waals surface area (Å²) < 4.78 is 2.33. The number of nitrogens with zero attached hydrogens (tertiary/aromatic N) is 2. The summed E-state index contributed by atoms with van der Waals surface area (Å²) in [6, 6.07) is 13.0. The number of benzene rings is 2. The minimum atomic E-state index is 0.971. The maximum Gasteiger partial charge on any atom is 0.142 e. The highest BCUT2D eigenvalue weighted by Gasteiger charge is 2.29. The molecular formula is C14H12N2S. The molecule has 0 radical (unpaired) electrons. The second-order valence-electron chi connectivity index (χ2n) is 4.42. The fraction of sp³-hybridized carbons (Fsp3) is 0.214. The van der Waals surface area contributed by atoms with Crippen molar-refractivity contribution in [3.8, 4) is 0 Å². The van der Waals surface area contributed by atoms with Crippen molar-refractivity contribution < 1.29 is 0 Å². The zero-order valence-electron chi connectivity index (χ0n) is 9.39. The molecule has 0 aromatic heterocycles. The van der Waals surface area contributed by atoms with Crippen LogP contribution in [0, 0.1) is 0 Å². The first kappa shape index (κ1) is 9.54. The van der Waals surface area contributed by atoms with Gasteiger partial charge in [0.2, 0.25) is 0 Å². The summed E-state index contributed by atoms with van der Waals surface area (Å²) in [5.74, 6) is 1.18. The number of aliphatic imine (C=N–C) groups is 1. The lowest BCUT2D eigenvalue weighted by Crippen LogP contribution is -2.26. The fourth-order valence-electron chi connectivity index (χ4n) is 2.52. The molecule has 0 N–H and O–H groups in total. The summed E-state index contributed by atoms with van der Waals surface area (Å²) in [6.07, 6.45) is 1.17. The van der Waals surface area contributed by atoms with Gasteiger partial charge in [-0.1, -0.05) is 30.3 Å². The van der Waals surface area contributed by atoms with Crippen molar-refractivity contribution in [3.63, 3.8) is 0 Å². The van der Waals surface area contributed by atoms with E-state index in [1.807, 2.05) is 11.9 Å². The molecule has 0 bridgehead atoms. The first-order valence-electron chi connectivity index (χ1n) is 5.95. The zero-order valence-corrected chi connectivity index (χ0v) is 10.2. The monoisotopic (exact) mass is 240 g/mol. The van der Waals surface area contributed by atoms with Crippen LogP contribution in [0.3, 0.4) is 0 Å². The van der Waals surface area contributed by atoms with E-state index >= 15 is 0 Å². The summed E-state index contributed by atoms with van der Waals surface area (Å²) in [6.45, 7) is 2.09. The second-order valence-corrected chi connectivity index (χ2v) is 5.45. The highest BCUT2D eigenvalue weighted by atomic mass is 32.2. The summed E-state index contributed by atoms with van der Waals surface area (Å²) in [5, 5.41) is 2.67. The topological polar surface area (TPSA) is 15.6 Å². The molecule has 2 aromatic carbocycles. The van der Waals surface area contributed by atoms with Crippen LogP contribution in [0.4, 0.5) is 0 Å². The van der Waals surface area contributed by atoms with Gasteiger partial charge < -0.3 is 0 Å². The highest BCUT2D eigenvalue weighted by Crippen LogP contribution is 2.41. The van der Waals surface area contributed by atoms with Crippen LogP contribution in [0.25, 0.3) is 10.8 Å². The molecular weight excluding hydrogens is 228 g/mol. The molecule has 2 aromatic rings. The number of hydrogen-bond donors (Lipinski definition) is 0. The number of fused-ring (bicyclic) bond motifs is 5. The van der Waals surface area contributed by atoms with Crippen LogP contribution in [0.2, 0.25) is 0 Å². The van der Waals surface area contributed by atoms with Crippen molar-refractivity contribution >= 4 is 28.6 Å². The van der Waals surface area contributed by atoms with E-state index in [0.29, 0.717) is 0 Å². The van der Waals surface area contributed by atoms with Gasteiger partial charge in [-0.25, -0.2) is 0 Å². The highest BCUT2D eigenvalue weighted by molar-refractivity contribution is 7.98. The molecule has 2 aliphatic rings. The Hall–Kier alpha value is -1.48. The molecule has 3 heteroatoms. The van der Waals surface area contributed by atoms with E-state index in [1.165, 1.54) is 33.5 Å². The lowest BCUT2D eigenvalue weighted by Gasteiger charge is -2.20. The summed E-state index contributed by atoms with van der Waals surface area (Å²) >= 11 is 1.85. The van der Waals surface area contributed by atoms with Gasteiger partial charge in [0.15, 0.2) is 0 Å². The van der Waals surface area contributed by atoms with Crippen LogP contribution in [0.15, 0.2) is 46.3 Å². The lowest BCUT2D eigenvalue weighted by atomic mass is 10.1. The average molecular weight is 240 g/mol. The van der Waals surface area contributed by atoms with Gasteiger partial charge in [0.05, 0.1) is 0 Å². The molecule has 0 aliphatic carbocycles. The van der Waals surface area contributed by atoms with Crippen molar-refractivity contribution in [2.75, 3.05) is 13.1 Å². The van der Waals surface area contributed by atoms with E-state index in [0.717, 1.165) is 13.1 Å². The Labute approximate surface area is 104 Å². The van der Waals surface area contributed by atoms with Gasteiger partial charge in [-0.2, -0.15) is 0 Å². The van der Waals surface area contributed by atoms with Gasteiger partial charge in [-0.15, -0.1) is 0 Å². The Morgan fingerprint density at radius 3 is 3.06 bits per heavy atom. The van der Waals surface area contributed by atoms with Crippen molar-refractivity contribution in [2.24, 2.45) is 4.99 Å². The molecule has 2 aliphatic heterocycles. The Morgan fingerprint density at radius 2 is 2.06 bits per heavy atom. The average Bonchev–Trinajstić information content (AvgIpc) is 2.78. The Morgan fingerprint density at radius 1 is 1.12 bits per heavy atom. The summed E-state index contributed by atoms with van der Waals surface area (Å²) in [7, 11) is 0. The molecule has 0 spiro atoms. The third-order valence-corrected chi connectivity index (χ3v) is 4.54. The third-order valence-electron chi connectivity index (χ3n) is 3.34. The standard InChI is InChI=1S/C14H12N2S/c1-2-5-11-10(4-1)6-7-12-13(11)17-16-9-3-8-15-14(12)16/h1-2,4-7H,3,8-9H2. The number of rotatable bonds is 0. The predicted molar refractivity (Wildman–Crippen MR) is 72.5 cm³/mol. The van der Waals surface area contributed by atoms with Crippen LogP contribution >= 0.6 is 11.9 Å². The van der Waals surface area contributed by atoms with E-state index < -0.39 is 0 Å². The van der Waals surface area contributed by atoms with Crippen LogP contribution in [-0.4, -0.2) is 23.2 Å². The van der Waals surface area contributed by atoms with Gasteiger partial charge >= 0.3 is 0 Å². The summed E-state index contributed by atoms with van der Waals surface area (Å²) in [5.41, 5.74) is 1.31. The second kappa shape index (κ2) is 3.50. The Balaban J connectivity index is 2.01. The lowest BCUT2D eigenvalue weighted by molar-refractivity contribution is 0.603. The van der Waals surface area contributed by atoms with Crippen molar-refractivity contribution in [1.82, 2.24) is 4.31 Å². The van der Waals surface area contributed by atoms with Crippen LogP contribution in [-0.2, 0) is 0 Å². The molecule has 0 saturated carbocycles. The van der Waals surface area contributed by atoms with Gasteiger partial charge in [-0.05, 0) is 35.2 Å². The summed E-state index contributed by atoms with van der Waals surface area (Å²) in [4.78, 5) is 6.04. The molecule has 2 heterocycles. The molecule has 4 rings (SSSR count). The molecule has 0 atom stereocenters. The first-order valence-corrected chi connectivity index (χ1v) is 6.73. The predicted octanol–water partition coefficient (Wildman–Crippen LogP) is 3.31. The minimum Gasteiger partial charge on any atom is -0.296 e. The van der Waals surface area contributed by atoms with E-state index in [-0.39, 0.29) is 0 Å². The maximum absolute atomic E-state index is 4.66. The fourth-order valence-corrected chi connectivity index (χ4v) is 3.75. The SMILES string of the molecule is c1ccc2c3c(ccc2c1)C1=NCCCN1S3. The van der Waals surface area contributed by atoms with Crippen LogP contribution in [0.1, 0.15) is 12.0 Å². The smallest absolute Gasteiger partial charge is 0.142 e. The molecule has 84 valence electrons. The van der Waals surface area contributed by atoms with Gasteiger partial charge in [0.25, 0.3) is 0 Å².